The summed E-state index contributed by atoms with van der Waals surface area (Å²) in [6.07, 6.45) is 0. The van der Waals surface area contributed by atoms with Crippen molar-refractivity contribution in [2.24, 2.45) is 10.9 Å². The van der Waals surface area contributed by atoms with Crippen LogP contribution in [0.25, 0.3) is 0 Å². The van der Waals surface area contributed by atoms with Crippen molar-refractivity contribution in [2.45, 2.75) is 12.0 Å². The summed E-state index contributed by atoms with van der Waals surface area (Å²) >= 11 is 6.09. The summed E-state index contributed by atoms with van der Waals surface area (Å²) in [6.45, 7) is 0. The van der Waals surface area contributed by atoms with Crippen LogP contribution in [0.4, 0.5) is 0 Å². The van der Waals surface area contributed by atoms with Gasteiger partial charge in [0, 0.05) is 22.1 Å². The normalized spacial score (nSPS) is 12.2. The Labute approximate surface area is 214 Å². The number of carbonyl (C=O) groups is 3. The summed E-state index contributed by atoms with van der Waals surface area (Å²) < 4.78 is 15.0. The van der Waals surface area contributed by atoms with E-state index in [1.807, 2.05) is 60.7 Å². The fraction of sp³-hybridized carbons (Fsp3) is 0.214. The van der Waals surface area contributed by atoms with Crippen molar-refractivity contribution in [2.75, 3.05) is 21.3 Å². The summed E-state index contributed by atoms with van der Waals surface area (Å²) in [5.74, 6) is -5.09. The second-order valence-electron chi connectivity index (χ2n) is 7.78. The minimum Gasteiger partial charge on any atom is -0.468 e. The van der Waals surface area contributed by atoms with Gasteiger partial charge in [0.05, 0.1) is 27.0 Å². The topological polar surface area (TPSA) is 91.3 Å². The Morgan fingerprint density at radius 1 is 0.667 bits per heavy atom. The molecule has 0 radical (unpaired) electrons. The van der Waals surface area contributed by atoms with E-state index in [4.69, 9.17) is 30.8 Å². The summed E-state index contributed by atoms with van der Waals surface area (Å²) in [7, 11) is 3.54. The fourth-order valence-corrected chi connectivity index (χ4v) is 4.06. The third-order valence-corrected chi connectivity index (χ3v) is 5.92. The standard InChI is InChI=1S/C28H26ClNO6/c1-34-26(31)23(27(32)35-2)22(18-14-16-21(29)17-15-18)25(28(33)36-3)30-24(19-10-6-4-7-11-19)20-12-8-5-9-13-20/h4-17,22-23,25H,1-3H3/t22-,25-/m1/s1. The average molecular weight is 508 g/mol. The Bertz CT molecular complexity index is 1150. The molecule has 7 nitrogen and oxygen atoms in total. The molecule has 0 aliphatic heterocycles. The first-order valence-corrected chi connectivity index (χ1v) is 11.5. The van der Waals surface area contributed by atoms with E-state index in [-0.39, 0.29) is 0 Å². The number of carbonyl (C=O) groups excluding carboxylic acids is 3. The molecule has 0 N–H and O–H groups in total. The van der Waals surface area contributed by atoms with Gasteiger partial charge in [-0.2, -0.15) is 0 Å². The molecule has 0 amide bonds. The second kappa shape index (κ2) is 12.7. The van der Waals surface area contributed by atoms with Gasteiger partial charge in [0.1, 0.15) is 0 Å². The molecular weight excluding hydrogens is 482 g/mol. The lowest BCUT2D eigenvalue weighted by atomic mass is 9.80. The SMILES string of the molecule is COC(=O)C(C(=O)OC)[C@@H](c1ccc(Cl)cc1)[C@@H](N=C(c1ccccc1)c1ccccc1)C(=O)OC. The van der Waals surface area contributed by atoms with Crippen LogP contribution < -0.4 is 0 Å². The molecule has 8 heteroatoms. The van der Waals surface area contributed by atoms with Crippen LogP contribution in [0.1, 0.15) is 22.6 Å². The van der Waals surface area contributed by atoms with E-state index < -0.39 is 35.8 Å². The highest BCUT2D eigenvalue weighted by molar-refractivity contribution is 6.30. The predicted octanol–water partition coefficient (Wildman–Crippen LogP) is 4.47. The molecule has 0 aromatic heterocycles. The van der Waals surface area contributed by atoms with Gasteiger partial charge < -0.3 is 14.2 Å². The van der Waals surface area contributed by atoms with Crippen molar-refractivity contribution in [3.8, 4) is 0 Å². The third kappa shape index (κ3) is 6.17. The van der Waals surface area contributed by atoms with Gasteiger partial charge in [-0.05, 0) is 17.7 Å². The quantitative estimate of drug-likeness (QED) is 0.184. The van der Waals surface area contributed by atoms with Gasteiger partial charge in [0.15, 0.2) is 12.0 Å². The molecule has 0 aliphatic carbocycles. The first kappa shape index (κ1) is 26.6. The van der Waals surface area contributed by atoms with Gasteiger partial charge >= 0.3 is 17.9 Å². The summed E-state index contributed by atoms with van der Waals surface area (Å²) in [6, 6.07) is 23.7. The highest BCUT2D eigenvalue weighted by atomic mass is 35.5. The lowest BCUT2D eigenvalue weighted by Gasteiger charge is -2.28. The number of methoxy groups -OCH3 is 3. The van der Waals surface area contributed by atoms with E-state index in [1.165, 1.54) is 7.11 Å². The van der Waals surface area contributed by atoms with Crippen molar-refractivity contribution in [3.05, 3.63) is 107 Å². The summed E-state index contributed by atoms with van der Waals surface area (Å²) in [5, 5.41) is 0.442. The van der Waals surface area contributed by atoms with Crippen LogP contribution in [0.5, 0.6) is 0 Å². The van der Waals surface area contributed by atoms with Crippen molar-refractivity contribution in [1.82, 2.24) is 0 Å². The van der Waals surface area contributed by atoms with Gasteiger partial charge in [0.25, 0.3) is 0 Å². The van der Waals surface area contributed by atoms with E-state index in [2.05, 4.69) is 0 Å². The van der Waals surface area contributed by atoms with Gasteiger partial charge in [-0.25, -0.2) is 4.79 Å². The Morgan fingerprint density at radius 2 is 1.11 bits per heavy atom. The van der Waals surface area contributed by atoms with Crippen LogP contribution >= 0.6 is 11.6 Å². The van der Waals surface area contributed by atoms with Gasteiger partial charge in [0.2, 0.25) is 0 Å². The molecule has 0 spiro atoms. The summed E-state index contributed by atoms with van der Waals surface area (Å²) in [4.78, 5) is 43.9. The Kier molecular flexibility index (Phi) is 9.36. The Balaban J connectivity index is 2.32. The van der Waals surface area contributed by atoms with E-state index in [9.17, 15) is 14.4 Å². The van der Waals surface area contributed by atoms with Gasteiger partial charge in [-0.15, -0.1) is 0 Å². The molecule has 0 saturated carbocycles. The Morgan fingerprint density at radius 3 is 1.53 bits per heavy atom. The molecular formula is C28H26ClNO6. The zero-order valence-electron chi connectivity index (χ0n) is 20.1. The number of halogens is 1. The first-order chi connectivity index (χ1) is 17.4. The van der Waals surface area contributed by atoms with Crippen LogP contribution in [0.15, 0.2) is 89.9 Å². The number of aliphatic imine (C=N–C) groups is 1. The molecule has 0 fully saturated rings. The lowest BCUT2D eigenvalue weighted by molar-refractivity contribution is -0.161. The molecule has 0 heterocycles. The molecule has 0 aliphatic rings. The minimum absolute atomic E-state index is 0.442. The average Bonchev–Trinajstić information content (AvgIpc) is 2.93. The van der Waals surface area contributed by atoms with Crippen molar-refractivity contribution >= 4 is 35.2 Å². The minimum atomic E-state index is -1.50. The smallest absolute Gasteiger partial charge is 0.331 e. The molecule has 0 bridgehead atoms. The fourth-order valence-electron chi connectivity index (χ4n) is 3.93. The molecule has 2 atom stereocenters. The maximum atomic E-state index is 13.3. The van der Waals surface area contributed by atoms with Gasteiger partial charge in [-0.1, -0.05) is 84.4 Å². The zero-order valence-corrected chi connectivity index (χ0v) is 20.8. The molecule has 36 heavy (non-hydrogen) atoms. The van der Waals surface area contributed by atoms with Crippen LogP contribution in [0.3, 0.4) is 0 Å². The molecule has 186 valence electrons. The number of ether oxygens (including phenoxy) is 3. The van der Waals surface area contributed by atoms with E-state index in [0.717, 1.165) is 25.3 Å². The van der Waals surface area contributed by atoms with Crippen LogP contribution in [0, 0.1) is 5.92 Å². The van der Waals surface area contributed by atoms with E-state index in [1.54, 1.807) is 24.3 Å². The van der Waals surface area contributed by atoms with Crippen LogP contribution in [-0.4, -0.2) is 51.0 Å². The highest BCUT2D eigenvalue weighted by Gasteiger charge is 2.45. The van der Waals surface area contributed by atoms with E-state index >= 15 is 0 Å². The molecule has 3 rings (SSSR count). The molecule has 0 unspecified atom stereocenters. The molecule has 0 saturated heterocycles. The Hall–Kier alpha value is -3.97. The third-order valence-electron chi connectivity index (χ3n) is 5.67. The first-order valence-electron chi connectivity index (χ1n) is 11.1. The zero-order chi connectivity index (χ0) is 26.1. The molecule has 3 aromatic rings. The van der Waals surface area contributed by atoms with Gasteiger partial charge in [-0.3, -0.25) is 14.6 Å². The second-order valence-corrected chi connectivity index (χ2v) is 8.22. The van der Waals surface area contributed by atoms with Crippen LogP contribution in [0.2, 0.25) is 5.02 Å². The van der Waals surface area contributed by atoms with Crippen molar-refractivity contribution in [1.29, 1.82) is 0 Å². The number of esters is 3. The van der Waals surface area contributed by atoms with Crippen molar-refractivity contribution < 1.29 is 28.6 Å². The molecule has 3 aromatic carbocycles. The number of nitrogens with zero attached hydrogens (tertiary/aromatic N) is 1. The predicted molar refractivity (Wildman–Crippen MR) is 136 cm³/mol. The summed E-state index contributed by atoms with van der Waals surface area (Å²) in [5.41, 5.74) is 2.42. The largest absolute Gasteiger partial charge is 0.468 e. The number of rotatable bonds is 9. The number of hydrogen-bond acceptors (Lipinski definition) is 7. The maximum absolute atomic E-state index is 13.3. The highest BCUT2D eigenvalue weighted by Crippen LogP contribution is 2.34. The number of benzene rings is 3. The van der Waals surface area contributed by atoms with Crippen LogP contribution in [-0.2, 0) is 28.6 Å². The lowest BCUT2D eigenvalue weighted by Crippen LogP contribution is -2.41. The van der Waals surface area contributed by atoms with Crippen molar-refractivity contribution in [3.63, 3.8) is 0 Å². The number of hydrogen-bond donors (Lipinski definition) is 0. The maximum Gasteiger partial charge on any atom is 0.331 e. The van der Waals surface area contributed by atoms with E-state index in [0.29, 0.717) is 16.3 Å². The monoisotopic (exact) mass is 507 g/mol.